The van der Waals surface area contributed by atoms with Gasteiger partial charge in [0.15, 0.2) is 0 Å². The minimum atomic E-state index is -3.12. The van der Waals surface area contributed by atoms with E-state index in [1.165, 1.54) is 4.31 Å². The normalized spacial score (nSPS) is 12.2. The van der Waals surface area contributed by atoms with Gasteiger partial charge < -0.3 is 4.74 Å². The van der Waals surface area contributed by atoms with Crippen LogP contribution >= 0.6 is 15.9 Å². The second-order valence-electron chi connectivity index (χ2n) is 3.58. The standard InChI is InChI=1S/C10H22BrNO3S/c1-3-15-9-10-16(13,14)12(2)8-6-4-5-7-11/h3-10H2,1-2H3. The summed E-state index contributed by atoms with van der Waals surface area (Å²) in [5.74, 6) is 0.0792. The van der Waals surface area contributed by atoms with E-state index in [-0.39, 0.29) is 12.4 Å². The predicted molar refractivity (Wildman–Crippen MR) is 70.6 cm³/mol. The Kier molecular flexibility index (Phi) is 9.59. The fourth-order valence-corrected chi connectivity index (χ4v) is 2.65. The topological polar surface area (TPSA) is 46.6 Å². The van der Waals surface area contributed by atoms with Crippen LogP contribution in [0.3, 0.4) is 0 Å². The molecule has 0 saturated carbocycles. The van der Waals surface area contributed by atoms with Gasteiger partial charge in [-0.1, -0.05) is 22.4 Å². The van der Waals surface area contributed by atoms with E-state index in [9.17, 15) is 8.42 Å². The minimum Gasteiger partial charge on any atom is -0.381 e. The first-order valence-electron chi connectivity index (χ1n) is 5.62. The molecule has 16 heavy (non-hydrogen) atoms. The van der Waals surface area contributed by atoms with Gasteiger partial charge in [0.05, 0.1) is 12.4 Å². The predicted octanol–water partition coefficient (Wildman–Crippen LogP) is 1.85. The van der Waals surface area contributed by atoms with E-state index in [1.54, 1.807) is 7.05 Å². The molecular weight excluding hydrogens is 294 g/mol. The Hall–Kier alpha value is 0.350. The number of halogens is 1. The summed E-state index contributed by atoms with van der Waals surface area (Å²) in [5.41, 5.74) is 0. The maximum atomic E-state index is 11.7. The molecule has 0 aromatic heterocycles. The van der Waals surface area contributed by atoms with Crippen LogP contribution in [0.2, 0.25) is 0 Å². The third kappa shape index (κ3) is 7.60. The Morgan fingerprint density at radius 2 is 1.94 bits per heavy atom. The van der Waals surface area contributed by atoms with Crippen LogP contribution in [0.4, 0.5) is 0 Å². The van der Waals surface area contributed by atoms with Gasteiger partial charge in [0, 0.05) is 25.5 Å². The highest BCUT2D eigenvalue weighted by molar-refractivity contribution is 9.09. The van der Waals surface area contributed by atoms with E-state index in [4.69, 9.17) is 4.74 Å². The van der Waals surface area contributed by atoms with E-state index < -0.39 is 10.0 Å². The Morgan fingerprint density at radius 1 is 1.25 bits per heavy atom. The molecule has 98 valence electrons. The van der Waals surface area contributed by atoms with Gasteiger partial charge in [0.1, 0.15) is 0 Å². The molecule has 0 bridgehead atoms. The summed E-state index contributed by atoms with van der Waals surface area (Å²) >= 11 is 3.35. The number of alkyl halides is 1. The monoisotopic (exact) mass is 315 g/mol. The van der Waals surface area contributed by atoms with Gasteiger partial charge in [0.25, 0.3) is 0 Å². The van der Waals surface area contributed by atoms with E-state index >= 15 is 0 Å². The van der Waals surface area contributed by atoms with Crippen LogP contribution < -0.4 is 0 Å². The van der Waals surface area contributed by atoms with Crippen LogP contribution in [-0.4, -0.2) is 50.6 Å². The molecule has 0 aliphatic carbocycles. The molecule has 0 saturated heterocycles. The van der Waals surface area contributed by atoms with E-state index in [0.717, 1.165) is 24.6 Å². The van der Waals surface area contributed by atoms with Crippen molar-refractivity contribution in [3.05, 3.63) is 0 Å². The van der Waals surface area contributed by atoms with Crippen LogP contribution in [0.25, 0.3) is 0 Å². The van der Waals surface area contributed by atoms with E-state index in [0.29, 0.717) is 13.2 Å². The fraction of sp³-hybridized carbons (Fsp3) is 1.00. The largest absolute Gasteiger partial charge is 0.381 e. The highest BCUT2D eigenvalue weighted by Gasteiger charge is 2.16. The quantitative estimate of drug-likeness (QED) is 0.456. The van der Waals surface area contributed by atoms with E-state index in [2.05, 4.69) is 15.9 Å². The molecule has 0 amide bonds. The highest BCUT2D eigenvalue weighted by atomic mass is 79.9. The van der Waals surface area contributed by atoms with Crippen molar-refractivity contribution in [3.63, 3.8) is 0 Å². The van der Waals surface area contributed by atoms with Crippen LogP contribution in [0.15, 0.2) is 0 Å². The summed E-state index contributed by atoms with van der Waals surface area (Å²) in [4.78, 5) is 0. The second-order valence-corrected chi connectivity index (χ2v) is 6.57. The number of unbranched alkanes of at least 4 members (excludes halogenated alkanes) is 2. The van der Waals surface area contributed by atoms with Gasteiger partial charge in [-0.3, -0.25) is 0 Å². The molecule has 0 aliphatic rings. The summed E-state index contributed by atoms with van der Waals surface area (Å²) in [7, 11) is -1.49. The van der Waals surface area contributed by atoms with Crippen LogP contribution in [0, 0.1) is 0 Å². The molecule has 0 aromatic rings. The summed E-state index contributed by atoms with van der Waals surface area (Å²) < 4.78 is 29.9. The average molecular weight is 316 g/mol. The summed E-state index contributed by atoms with van der Waals surface area (Å²) in [6.45, 7) is 3.30. The van der Waals surface area contributed by atoms with E-state index in [1.807, 2.05) is 6.92 Å². The summed E-state index contributed by atoms with van der Waals surface area (Å²) in [6.07, 6.45) is 3.05. The van der Waals surface area contributed by atoms with Crippen molar-refractivity contribution in [2.75, 3.05) is 37.9 Å². The highest BCUT2D eigenvalue weighted by Crippen LogP contribution is 2.04. The molecule has 0 spiro atoms. The first kappa shape index (κ1) is 16.4. The van der Waals surface area contributed by atoms with Gasteiger partial charge >= 0.3 is 0 Å². The molecule has 0 aromatic carbocycles. The minimum absolute atomic E-state index is 0.0792. The Balaban J connectivity index is 3.81. The lowest BCUT2D eigenvalue weighted by atomic mass is 10.2. The maximum absolute atomic E-state index is 11.7. The van der Waals surface area contributed by atoms with Crippen molar-refractivity contribution in [2.45, 2.75) is 26.2 Å². The smallest absolute Gasteiger partial charge is 0.216 e. The lowest BCUT2D eigenvalue weighted by Gasteiger charge is -2.16. The molecule has 4 nitrogen and oxygen atoms in total. The molecule has 0 unspecified atom stereocenters. The number of nitrogens with zero attached hydrogens (tertiary/aromatic N) is 1. The third-order valence-corrected chi connectivity index (χ3v) is 4.65. The van der Waals surface area contributed by atoms with Crippen molar-refractivity contribution in [1.29, 1.82) is 0 Å². The average Bonchev–Trinajstić information content (AvgIpc) is 2.24. The molecular formula is C10H22BrNO3S. The number of hydrogen-bond acceptors (Lipinski definition) is 3. The molecule has 0 N–H and O–H groups in total. The van der Waals surface area contributed by atoms with Gasteiger partial charge in [0.2, 0.25) is 10.0 Å². The zero-order valence-electron chi connectivity index (χ0n) is 10.1. The maximum Gasteiger partial charge on any atom is 0.216 e. The van der Waals surface area contributed by atoms with Gasteiger partial charge in [-0.2, -0.15) is 0 Å². The molecule has 6 heteroatoms. The molecule has 0 rings (SSSR count). The molecule has 0 radical (unpaired) electrons. The summed E-state index contributed by atoms with van der Waals surface area (Å²) in [5, 5.41) is 0.980. The summed E-state index contributed by atoms with van der Waals surface area (Å²) in [6, 6.07) is 0. The van der Waals surface area contributed by atoms with Crippen molar-refractivity contribution in [2.24, 2.45) is 0 Å². The van der Waals surface area contributed by atoms with Crippen molar-refractivity contribution < 1.29 is 13.2 Å². The third-order valence-electron chi connectivity index (χ3n) is 2.27. The lowest BCUT2D eigenvalue weighted by molar-refractivity contribution is 0.162. The van der Waals surface area contributed by atoms with Crippen molar-refractivity contribution >= 4 is 26.0 Å². The Morgan fingerprint density at radius 3 is 2.50 bits per heavy atom. The van der Waals surface area contributed by atoms with Crippen molar-refractivity contribution in [1.82, 2.24) is 4.31 Å². The lowest BCUT2D eigenvalue weighted by Crippen LogP contribution is -2.31. The first-order chi connectivity index (χ1) is 7.54. The van der Waals surface area contributed by atoms with Crippen LogP contribution in [0.1, 0.15) is 26.2 Å². The first-order valence-corrected chi connectivity index (χ1v) is 8.35. The fourth-order valence-electron chi connectivity index (χ4n) is 1.21. The number of ether oxygens (including phenoxy) is 1. The Bertz CT molecular complexity index is 257. The molecule has 0 fully saturated rings. The van der Waals surface area contributed by atoms with Gasteiger partial charge in [-0.25, -0.2) is 12.7 Å². The molecule has 0 heterocycles. The molecule has 0 aliphatic heterocycles. The van der Waals surface area contributed by atoms with Crippen LogP contribution in [-0.2, 0) is 14.8 Å². The zero-order valence-corrected chi connectivity index (χ0v) is 12.5. The molecule has 0 atom stereocenters. The number of hydrogen-bond donors (Lipinski definition) is 0. The number of sulfonamides is 1. The SMILES string of the molecule is CCOCCS(=O)(=O)N(C)CCCCCBr. The van der Waals surface area contributed by atoms with Crippen molar-refractivity contribution in [3.8, 4) is 0 Å². The van der Waals surface area contributed by atoms with Crippen LogP contribution in [0.5, 0.6) is 0 Å². The zero-order chi connectivity index (χ0) is 12.4. The Labute approximate surface area is 108 Å². The second kappa shape index (κ2) is 9.39. The van der Waals surface area contributed by atoms with Gasteiger partial charge in [-0.15, -0.1) is 0 Å². The number of rotatable bonds is 10. The van der Waals surface area contributed by atoms with Gasteiger partial charge in [-0.05, 0) is 19.8 Å².